The van der Waals surface area contributed by atoms with Crippen LogP contribution in [0.5, 0.6) is 5.75 Å². The van der Waals surface area contributed by atoms with Crippen LogP contribution in [0.4, 0.5) is 0 Å². The highest BCUT2D eigenvalue weighted by Gasteiger charge is 2.07. The average molecular weight is 323 g/mol. The first kappa shape index (κ1) is 13.4. The van der Waals surface area contributed by atoms with E-state index < -0.39 is 5.91 Å². The predicted molar refractivity (Wildman–Crippen MR) is 74.3 cm³/mol. The Balaban J connectivity index is 2.00. The maximum absolute atomic E-state index is 11.6. The van der Waals surface area contributed by atoms with Crippen LogP contribution < -0.4 is 5.43 Å². The van der Waals surface area contributed by atoms with Crippen LogP contribution in [-0.2, 0) is 0 Å². The van der Waals surface area contributed by atoms with E-state index in [1.807, 2.05) is 0 Å². The van der Waals surface area contributed by atoms with Crippen LogP contribution in [0.2, 0.25) is 0 Å². The fourth-order valence-electron chi connectivity index (χ4n) is 1.38. The number of aryl methyl sites for hydroxylation is 1. The van der Waals surface area contributed by atoms with Crippen LogP contribution in [-0.4, -0.2) is 17.2 Å². The van der Waals surface area contributed by atoms with Gasteiger partial charge in [-0.25, -0.2) is 5.43 Å². The number of furan rings is 1. The number of nitrogens with one attached hydrogen (secondary N) is 1. The number of phenolic OH excluding ortho intramolecular Hbond substituents is 1. The van der Waals surface area contributed by atoms with Crippen LogP contribution >= 0.6 is 15.9 Å². The summed E-state index contributed by atoms with van der Waals surface area (Å²) in [6.07, 6.45) is 1.47. The Kier molecular flexibility index (Phi) is 4.01. The second kappa shape index (κ2) is 5.71. The predicted octanol–water partition coefficient (Wildman–Crippen LogP) is 2.82. The van der Waals surface area contributed by atoms with Gasteiger partial charge in [0.15, 0.2) is 5.76 Å². The van der Waals surface area contributed by atoms with Crippen molar-refractivity contribution in [2.75, 3.05) is 0 Å². The van der Waals surface area contributed by atoms with E-state index in [0.29, 0.717) is 10.2 Å². The topological polar surface area (TPSA) is 74.8 Å². The number of benzene rings is 1. The minimum absolute atomic E-state index is 0.146. The summed E-state index contributed by atoms with van der Waals surface area (Å²) in [5, 5.41) is 13.1. The molecule has 2 rings (SSSR count). The maximum atomic E-state index is 11.6. The molecule has 5 nitrogen and oxygen atoms in total. The van der Waals surface area contributed by atoms with Crippen LogP contribution in [0.25, 0.3) is 0 Å². The summed E-state index contributed by atoms with van der Waals surface area (Å²) in [6, 6.07) is 8.17. The highest BCUT2D eigenvalue weighted by Crippen LogP contribution is 2.23. The van der Waals surface area contributed by atoms with Gasteiger partial charge in [0, 0.05) is 0 Å². The van der Waals surface area contributed by atoms with Crippen LogP contribution in [0.3, 0.4) is 0 Å². The molecule has 2 aromatic rings. The molecule has 98 valence electrons. The van der Waals surface area contributed by atoms with Crippen molar-refractivity contribution in [3.8, 4) is 5.75 Å². The van der Waals surface area contributed by atoms with Gasteiger partial charge in [-0.3, -0.25) is 4.79 Å². The van der Waals surface area contributed by atoms with Crippen molar-refractivity contribution in [3.05, 3.63) is 51.9 Å². The number of hydrogen-bond donors (Lipinski definition) is 2. The summed E-state index contributed by atoms with van der Waals surface area (Å²) in [4.78, 5) is 11.6. The Bertz CT molecular complexity index is 635. The molecular weight excluding hydrogens is 312 g/mol. The Morgan fingerprint density at radius 3 is 2.84 bits per heavy atom. The third kappa shape index (κ3) is 3.45. The van der Waals surface area contributed by atoms with Gasteiger partial charge in [-0.15, -0.1) is 0 Å². The molecule has 0 unspecified atom stereocenters. The molecule has 0 aliphatic heterocycles. The first-order valence-corrected chi connectivity index (χ1v) is 6.24. The highest BCUT2D eigenvalue weighted by molar-refractivity contribution is 9.10. The lowest BCUT2D eigenvalue weighted by molar-refractivity contribution is 0.0926. The maximum Gasteiger partial charge on any atom is 0.307 e. The summed E-state index contributed by atoms with van der Waals surface area (Å²) in [5.41, 5.74) is 3.09. The molecule has 0 atom stereocenters. The number of amides is 1. The Labute approximate surface area is 118 Å². The number of carbonyl (C=O) groups excluding carboxylic acids is 1. The van der Waals surface area contributed by atoms with Crippen molar-refractivity contribution in [2.24, 2.45) is 5.10 Å². The van der Waals surface area contributed by atoms with E-state index in [2.05, 4.69) is 26.5 Å². The summed E-state index contributed by atoms with van der Waals surface area (Å²) >= 11 is 3.19. The molecule has 0 saturated carbocycles. The normalized spacial score (nSPS) is 10.8. The molecule has 1 amide bonds. The molecule has 1 aromatic carbocycles. The van der Waals surface area contributed by atoms with E-state index in [4.69, 9.17) is 4.42 Å². The monoisotopic (exact) mass is 322 g/mol. The lowest BCUT2D eigenvalue weighted by Gasteiger charge is -1.98. The van der Waals surface area contributed by atoms with Gasteiger partial charge in [0.25, 0.3) is 0 Å². The van der Waals surface area contributed by atoms with Gasteiger partial charge in [0.05, 0.1) is 10.7 Å². The molecule has 0 saturated heterocycles. The van der Waals surface area contributed by atoms with Crippen molar-refractivity contribution < 1.29 is 14.3 Å². The molecule has 2 N–H and O–H groups in total. The van der Waals surface area contributed by atoms with E-state index >= 15 is 0 Å². The zero-order valence-electron chi connectivity index (χ0n) is 10.1. The molecule has 0 aliphatic rings. The van der Waals surface area contributed by atoms with Crippen LogP contribution in [0.15, 0.2) is 44.3 Å². The molecule has 0 aliphatic carbocycles. The van der Waals surface area contributed by atoms with Crippen molar-refractivity contribution >= 4 is 28.1 Å². The number of rotatable bonds is 3. The molecule has 1 aromatic heterocycles. The molecular formula is C13H11BrN2O3. The fourth-order valence-corrected chi connectivity index (χ4v) is 1.78. The second-order valence-electron chi connectivity index (χ2n) is 3.82. The van der Waals surface area contributed by atoms with Gasteiger partial charge in [-0.2, -0.15) is 5.10 Å². The van der Waals surface area contributed by atoms with Gasteiger partial charge in [0.2, 0.25) is 0 Å². The van der Waals surface area contributed by atoms with Gasteiger partial charge >= 0.3 is 5.91 Å². The van der Waals surface area contributed by atoms with Crippen LogP contribution in [0, 0.1) is 6.92 Å². The molecule has 0 fully saturated rings. The first-order valence-electron chi connectivity index (χ1n) is 5.44. The molecule has 19 heavy (non-hydrogen) atoms. The molecule has 1 heterocycles. The van der Waals surface area contributed by atoms with Crippen molar-refractivity contribution in [1.82, 2.24) is 5.43 Å². The number of phenols is 1. The lowest BCUT2D eigenvalue weighted by Crippen LogP contribution is -2.16. The SMILES string of the molecule is Cc1ccc(C(=O)N/N=C\c2ccc(O)c(Br)c2)o1. The van der Waals surface area contributed by atoms with Gasteiger partial charge < -0.3 is 9.52 Å². The Hall–Kier alpha value is -2.08. The van der Waals surface area contributed by atoms with E-state index in [1.54, 1.807) is 31.2 Å². The zero-order chi connectivity index (χ0) is 13.8. The van der Waals surface area contributed by atoms with Crippen LogP contribution in [0.1, 0.15) is 21.9 Å². The third-order valence-electron chi connectivity index (χ3n) is 2.32. The summed E-state index contributed by atoms with van der Waals surface area (Å²) < 4.78 is 5.72. The van der Waals surface area contributed by atoms with Crippen molar-refractivity contribution in [3.63, 3.8) is 0 Å². The number of halogens is 1. The van der Waals surface area contributed by atoms with E-state index in [1.165, 1.54) is 12.3 Å². The average Bonchev–Trinajstić information content (AvgIpc) is 2.80. The molecule has 6 heteroatoms. The number of carbonyl (C=O) groups is 1. The molecule has 0 radical (unpaired) electrons. The van der Waals surface area contributed by atoms with E-state index in [0.717, 1.165) is 5.56 Å². The number of hydrogen-bond acceptors (Lipinski definition) is 4. The zero-order valence-corrected chi connectivity index (χ0v) is 11.6. The van der Waals surface area contributed by atoms with Crippen molar-refractivity contribution in [1.29, 1.82) is 0 Å². The van der Waals surface area contributed by atoms with Gasteiger partial charge in [0.1, 0.15) is 11.5 Å². The summed E-state index contributed by atoms with van der Waals surface area (Å²) in [7, 11) is 0. The second-order valence-corrected chi connectivity index (χ2v) is 4.67. The first-order chi connectivity index (χ1) is 9.06. The smallest absolute Gasteiger partial charge is 0.307 e. The minimum atomic E-state index is -0.415. The quantitative estimate of drug-likeness (QED) is 0.674. The Morgan fingerprint density at radius 2 is 2.21 bits per heavy atom. The molecule has 0 spiro atoms. The van der Waals surface area contributed by atoms with Gasteiger partial charge in [-0.05, 0) is 58.7 Å². The molecule has 0 bridgehead atoms. The Morgan fingerprint density at radius 1 is 1.42 bits per heavy atom. The highest BCUT2D eigenvalue weighted by atomic mass is 79.9. The fraction of sp³-hybridized carbons (Fsp3) is 0.0769. The lowest BCUT2D eigenvalue weighted by atomic mass is 10.2. The standard InChI is InChI=1S/C13H11BrN2O3/c1-8-2-5-12(19-8)13(18)16-15-7-9-3-4-11(17)10(14)6-9/h2-7,17H,1H3,(H,16,18)/b15-7-. The third-order valence-corrected chi connectivity index (χ3v) is 2.95. The largest absolute Gasteiger partial charge is 0.507 e. The summed E-state index contributed by atoms with van der Waals surface area (Å²) in [5.74, 6) is 0.604. The number of hydrazone groups is 1. The summed E-state index contributed by atoms with van der Waals surface area (Å²) in [6.45, 7) is 1.76. The van der Waals surface area contributed by atoms with Crippen molar-refractivity contribution in [2.45, 2.75) is 6.92 Å². The van der Waals surface area contributed by atoms with E-state index in [-0.39, 0.29) is 11.5 Å². The van der Waals surface area contributed by atoms with E-state index in [9.17, 15) is 9.90 Å². The number of nitrogens with zero attached hydrogens (tertiary/aromatic N) is 1. The van der Waals surface area contributed by atoms with Gasteiger partial charge in [-0.1, -0.05) is 0 Å². The minimum Gasteiger partial charge on any atom is -0.507 e. The number of aromatic hydroxyl groups is 1.